The van der Waals surface area contributed by atoms with Crippen LogP contribution in [0, 0.1) is 0 Å². The molecule has 9 heteroatoms. The van der Waals surface area contributed by atoms with Crippen molar-refractivity contribution in [1.29, 1.82) is 0 Å². The van der Waals surface area contributed by atoms with E-state index >= 15 is 0 Å². The lowest BCUT2D eigenvalue weighted by atomic mass is 10.0. The molecule has 0 rings (SSSR count). The molecule has 1 amide bonds. The van der Waals surface area contributed by atoms with Gasteiger partial charge in [0.2, 0.25) is 5.91 Å². The Morgan fingerprint density at radius 3 is 1.08 bits per heavy atom. The highest BCUT2D eigenvalue weighted by Crippen LogP contribution is 2.43. The smallest absolute Gasteiger partial charge is 0.391 e. The van der Waals surface area contributed by atoms with Gasteiger partial charge in [-0.2, -0.15) is 0 Å². The molecule has 0 heterocycles. The monoisotopic (exact) mass is 902 g/mol. The number of quaternary nitrogens is 1. The van der Waals surface area contributed by atoms with Gasteiger partial charge in [0.25, 0.3) is 0 Å². The quantitative estimate of drug-likeness (QED) is 0.0319. The Bertz CT molecular complexity index is 978. The van der Waals surface area contributed by atoms with Crippen molar-refractivity contribution in [3.05, 3.63) is 0 Å². The molecule has 0 radical (unpaired) electrons. The molecule has 3 N–H and O–H groups in total. The van der Waals surface area contributed by atoms with Crippen LogP contribution < -0.4 is 5.32 Å². The predicted molar refractivity (Wildman–Crippen MR) is 268 cm³/mol. The van der Waals surface area contributed by atoms with Crippen LogP contribution in [0.4, 0.5) is 0 Å². The summed E-state index contributed by atoms with van der Waals surface area (Å²) in [6.45, 7) is 4.90. The van der Waals surface area contributed by atoms with E-state index in [0.717, 1.165) is 38.5 Å². The summed E-state index contributed by atoms with van der Waals surface area (Å²) in [4.78, 5) is 23.2. The molecule has 0 aliphatic rings. The summed E-state index contributed by atoms with van der Waals surface area (Å²) in [6, 6.07) is -0.752. The number of hydrogen-bond donors (Lipinski definition) is 3. The van der Waals surface area contributed by atoms with Crippen LogP contribution in [0.5, 0.6) is 0 Å². The summed E-state index contributed by atoms with van der Waals surface area (Å²) in [5.41, 5.74) is 0. The maximum absolute atomic E-state index is 12.9. The van der Waals surface area contributed by atoms with Crippen LogP contribution in [0.2, 0.25) is 0 Å². The van der Waals surface area contributed by atoms with E-state index in [1.165, 1.54) is 218 Å². The fraction of sp³-hybridized carbons (Fsp3) is 0.981. The molecule has 0 spiro atoms. The first kappa shape index (κ1) is 61.5. The van der Waals surface area contributed by atoms with Crippen LogP contribution in [-0.2, 0) is 18.4 Å². The predicted octanol–water partition coefficient (Wildman–Crippen LogP) is 16.1. The summed E-state index contributed by atoms with van der Waals surface area (Å²) < 4.78 is 23.6. The molecular weight excluding hydrogens is 792 g/mol. The minimum Gasteiger partial charge on any atom is -0.391 e. The molecule has 0 saturated carbocycles. The van der Waals surface area contributed by atoms with Gasteiger partial charge in [-0.05, 0) is 12.8 Å². The van der Waals surface area contributed by atoms with E-state index in [2.05, 4.69) is 19.2 Å². The van der Waals surface area contributed by atoms with Crippen molar-refractivity contribution >= 4 is 13.7 Å². The number of carbonyl (C=O) groups excluding carboxylic acids is 1. The average molecular weight is 902 g/mol. The molecule has 0 aliphatic carbocycles. The fourth-order valence-electron chi connectivity index (χ4n) is 8.52. The van der Waals surface area contributed by atoms with Crippen LogP contribution in [0.25, 0.3) is 0 Å². The molecule has 3 atom stereocenters. The first-order valence-electron chi connectivity index (χ1n) is 27.4. The number of unbranched alkanes of at least 4 members (excludes halogenated alkanes) is 38. The van der Waals surface area contributed by atoms with Gasteiger partial charge in [-0.3, -0.25) is 13.8 Å². The van der Waals surface area contributed by atoms with Crippen molar-refractivity contribution in [2.75, 3.05) is 40.9 Å². The number of phosphoric ester groups is 1. The number of phosphoric acid groups is 1. The summed E-state index contributed by atoms with van der Waals surface area (Å²) in [5, 5.41) is 13.9. The van der Waals surface area contributed by atoms with E-state index < -0.39 is 20.0 Å². The maximum Gasteiger partial charge on any atom is 0.472 e. The zero-order valence-electron chi connectivity index (χ0n) is 42.4. The summed E-state index contributed by atoms with van der Waals surface area (Å²) in [7, 11) is 1.63. The number of carbonyl (C=O) groups is 1. The third-order valence-corrected chi connectivity index (χ3v) is 13.8. The van der Waals surface area contributed by atoms with Gasteiger partial charge in [0.15, 0.2) is 0 Å². The number of aliphatic hydroxyl groups excluding tert-OH is 1. The number of hydrogen-bond acceptors (Lipinski definition) is 5. The van der Waals surface area contributed by atoms with Gasteiger partial charge in [-0.1, -0.05) is 264 Å². The third-order valence-electron chi connectivity index (χ3n) is 12.9. The first-order chi connectivity index (χ1) is 30.0. The Morgan fingerprint density at radius 1 is 0.484 bits per heavy atom. The zero-order valence-corrected chi connectivity index (χ0v) is 43.3. The molecule has 62 heavy (non-hydrogen) atoms. The van der Waals surface area contributed by atoms with Gasteiger partial charge in [0.05, 0.1) is 39.9 Å². The molecule has 8 nitrogen and oxygen atoms in total. The number of rotatable bonds is 51. The van der Waals surface area contributed by atoms with Crippen molar-refractivity contribution in [2.24, 2.45) is 0 Å². The van der Waals surface area contributed by atoms with Gasteiger partial charge < -0.3 is 19.8 Å². The largest absolute Gasteiger partial charge is 0.472 e. The minimum absolute atomic E-state index is 0.0784. The van der Waals surface area contributed by atoms with Crippen molar-refractivity contribution in [3.8, 4) is 0 Å². The maximum atomic E-state index is 12.9. The van der Waals surface area contributed by atoms with Gasteiger partial charge in [-0.15, -0.1) is 0 Å². The Kier molecular flexibility index (Phi) is 45.3. The van der Waals surface area contributed by atoms with Crippen LogP contribution in [0.15, 0.2) is 0 Å². The van der Waals surface area contributed by atoms with E-state index in [4.69, 9.17) is 9.05 Å². The second-order valence-corrected chi connectivity index (χ2v) is 21.8. The van der Waals surface area contributed by atoms with Crippen molar-refractivity contribution in [1.82, 2.24) is 5.32 Å². The lowest BCUT2D eigenvalue weighted by Crippen LogP contribution is -2.46. The number of nitrogens with one attached hydrogen (secondary N) is 1. The van der Waals surface area contributed by atoms with Gasteiger partial charge in [0.1, 0.15) is 13.2 Å². The van der Waals surface area contributed by atoms with Gasteiger partial charge in [0, 0.05) is 6.42 Å². The fourth-order valence-corrected chi connectivity index (χ4v) is 9.26. The Morgan fingerprint density at radius 2 is 0.774 bits per heavy atom. The van der Waals surface area contributed by atoms with E-state index in [0.29, 0.717) is 23.9 Å². The number of nitrogens with zero attached hydrogens (tertiary/aromatic N) is 1. The molecule has 0 aromatic heterocycles. The highest BCUT2D eigenvalue weighted by molar-refractivity contribution is 7.47. The highest BCUT2D eigenvalue weighted by Gasteiger charge is 2.28. The molecular formula is C53H110N2O6P+. The Hall–Kier alpha value is -0.500. The van der Waals surface area contributed by atoms with Crippen molar-refractivity contribution < 1.29 is 32.9 Å². The molecule has 0 aromatic carbocycles. The minimum atomic E-state index is -4.31. The summed E-state index contributed by atoms with van der Waals surface area (Å²) in [6.07, 6.45) is 53.3. The first-order valence-corrected chi connectivity index (χ1v) is 28.9. The Labute approximate surface area is 387 Å². The van der Waals surface area contributed by atoms with Gasteiger partial charge in [-0.25, -0.2) is 4.57 Å². The standard InChI is InChI=1S/C53H109N2O6P/c1-6-8-10-12-14-16-17-18-19-20-21-22-23-24-25-26-27-28-29-30-31-32-33-34-35-36-37-39-41-43-45-47-53(57)54-51(50-61-62(58,59)60-49-48-55(3,4)5)52(56)46-44-42-40-38-15-13-11-9-7-2/h51-52,56H,6-50H2,1-5H3,(H-,54,57,58,59)/p+1/t51-,52+/m0/s1. The van der Waals surface area contributed by atoms with Crippen LogP contribution >= 0.6 is 7.82 Å². The van der Waals surface area contributed by atoms with Crippen molar-refractivity contribution in [3.63, 3.8) is 0 Å². The molecule has 0 fully saturated rings. The third kappa shape index (κ3) is 47.5. The summed E-state index contributed by atoms with van der Waals surface area (Å²) >= 11 is 0. The second-order valence-electron chi connectivity index (χ2n) is 20.3. The summed E-state index contributed by atoms with van der Waals surface area (Å²) in [5.74, 6) is -0.140. The lowest BCUT2D eigenvalue weighted by Gasteiger charge is -2.26. The van der Waals surface area contributed by atoms with Crippen LogP contribution in [0.3, 0.4) is 0 Å². The zero-order chi connectivity index (χ0) is 45.7. The van der Waals surface area contributed by atoms with Gasteiger partial charge >= 0.3 is 7.82 Å². The highest BCUT2D eigenvalue weighted by atomic mass is 31.2. The molecule has 1 unspecified atom stereocenters. The number of aliphatic hydroxyl groups is 1. The lowest BCUT2D eigenvalue weighted by molar-refractivity contribution is -0.870. The van der Waals surface area contributed by atoms with E-state index in [-0.39, 0.29) is 19.1 Å². The average Bonchev–Trinajstić information content (AvgIpc) is 3.23. The molecule has 0 aromatic rings. The Balaban J connectivity index is 3.88. The van der Waals surface area contributed by atoms with Crippen molar-refractivity contribution in [2.45, 2.75) is 296 Å². The second kappa shape index (κ2) is 45.6. The molecule has 0 saturated heterocycles. The molecule has 0 bridgehead atoms. The topological polar surface area (TPSA) is 105 Å². The molecule has 372 valence electrons. The van der Waals surface area contributed by atoms with Crippen LogP contribution in [-0.4, -0.2) is 73.4 Å². The number of likely N-dealkylation sites (N-methyl/N-ethyl adjacent to an activating group) is 1. The SMILES string of the molecule is CCCCCCCCCCCCCCCCCCCCCCCCCCCCCCCCCC(=O)N[C@@H](COP(=O)(O)OCC[N+](C)(C)C)[C@H](O)CCCCCCCCCCC. The van der Waals surface area contributed by atoms with Crippen LogP contribution in [0.1, 0.15) is 284 Å². The normalized spacial score (nSPS) is 14.0. The number of amides is 1. The van der Waals surface area contributed by atoms with E-state index in [1.807, 2.05) is 21.1 Å². The van der Waals surface area contributed by atoms with E-state index in [9.17, 15) is 19.4 Å². The van der Waals surface area contributed by atoms with E-state index in [1.54, 1.807) is 0 Å². The molecule has 0 aliphatic heterocycles.